The number of carbonyl (C=O) groups excluding carboxylic acids is 1. The summed E-state index contributed by atoms with van der Waals surface area (Å²) in [5, 5.41) is 9.02. The highest BCUT2D eigenvalue weighted by atomic mass is 16.5. The van der Waals surface area contributed by atoms with Crippen molar-refractivity contribution in [3.63, 3.8) is 0 Å². The number of carboxylic acid groups (broad SMARTS) is 1. The lowest BCUT2D eigenvalue weighted by Crippen LogP contribution is -2.21. The maximum absolute atomic E-state index is 12.0. The molecule has 1 unspecified atom stereocenters. The molecule has 0 aliphatic rings. The van der Waals surface area contributed by atoms with Crippen LogP contribution in [0.1, 0.15) is 155 Å². The van der Waals surface area contributed by atoms with Crippen molar-refractivity contribution < 1.29 is 19.4 Å². The van der Waals surface area contributed by atoms with Crippen LogP contribution in [0.25, 0.3) is 0 Å². The first-order valence-corrected chi connectivity index (χ1v) is 14.6. The van der Waals surface area contributed by atoms with Crippen molar-refractivity contribution in [3.05, 3.63) is 12.2 Å². The van der Waals surface area contributed by atoms with Crippen LogP contribution in [0.5, 0.6) is 0 Å². The van der Waals surface area contributed by atoms with Crippen LogP contribution in [0.15, 0.2) is 12.2 Å². The van der Waals surface area contributed by atoms with E-state index < -0.39 is 11.9 Å². The minimum absolute atomic E-state index is 0.112. The van der Waals surface area contributed by atoms with E-state index in [1.54, 1.807) is 0 Å². The SMILES string of the molecule is CCC/C=C/CCCCCCCCCCCCCCCCCCC(CC(=O)O)C(=O)OCCC. The number of allylic oxidation sites excluding steroid dienone is 2. The van der Waals surface area contributed by atoms with Crippen LogP contribution in [0.3, 0.4) is 0 Å². The van der Waals surface area contributed by atoms with Crippen LogP contribution in [0.4, 0.5) is 0 Å². The van der Waals surface area contributed by atoms with Crippen molar-refractivity contribution >= 4 is 11.9 Å². The molecule has 0 spiro atoms. The van der Waals surface area contributed by atoms with Crippen molar-refractivity contribution in [3.8, 4) is 0 Å². The zero-order valence-electron chi connectivity index (χ0n) is 22.7. The molecule has 0 saturated carbocycles. The summed E-state index contributed by atoms with van der Waals surface area (Å²) in [6.45, 7) is 4.56. The first-order chi connectivity index (χ1) is 16.6. The third kappa shape index (κ3) is 23.8. The summed E-state index contributed by atoms with van der Waals surface area (Å²) < 4.78 is 5.15. The van der Waals surface area contributed by atoms with Crippen molar-refractivity contribution in [2.75, 3.05) is 6.61 Å². The Balaban J connectivity index is 3.39. The molecular weight excluding hydrogens is 424 g/mol. The molecule has 200 valence electrons. The largest absolute Gasteiger partial charge is 0.481 e. The van der Waals surface area contributed by atoms with Gasteiger partial charge in [-0.1, -0.05) is 129 Å². The Morgan fingerprint density at radius 2 is 1.09 bits per heavy atom. The van der Waals surface area contributed by atoms with E-state index in [4.69, 9.17) is 9.84 Å². The van der Waals surface area contributed by atoms with E-state index in [0.717, 1.165) is 19.3 Å². The van der Waals surface area contributed by atoms with E-state index in [-0.39, 0.29) is 12.4 Å². The molecule has 4 nitrogen and oxygen atoms in total. The molecule has 0 aliphatic carbocycles. The molecule has 0 aromatic rings. The average molecular weight is 481 g/mol. The molecule has 0 radical (unpaired) electrons. The Morgan fingerprint density at radius 3 is 1.53 bits per heavy atom. The molecule has 1 N–H and O–H groups in total. The maximum Gasteiger partial charge on any atom is 0.309 e. The van der Waals surface area contributed by atoms with Gasteiger partial charge in [-0.3, -0.25) is 9.59 Å². The van der Waals surface area contributed by atoms with Gasteiger partial charge in [0, 0.05) is 0 Å². The van der Waals surface area contributed by atoms with Crippen LogP contribution >= 0.6 is 0 Å². The molecule has 1 atom stereocenters. The van der Waals surface area contributed by atoms with E-state index in [9.17, 15) is 9.59 Å². The first-order valence-electron chi connectivity index (χ1n) is 14.6. The monoisotopic (exact) mass is 480 g/mol. The Kier molecular flexibility index (Phi) is 25.3. The molecule has 0 aromatic carbocycles. The molecule has 0 bridgehead atoms. The van der Waals surface area contributed by atoms with Gasteiger partial charge < -0.3 is 9.84 Å². The summed E-state index contributed by atoms with van der Waals surface area (Å²) in [7, 11) is 0. The van der Waals surface area contributed by atoms with E-state index in [2.05, 4.69) is 19.1 Å². The van der Waals surface area contributed by atoms with E-state index in [1.165, 1.54) is 109 Å². The normalized spacial score (nSPS) is 12.3. The standard InChI is InChI=1S/C30H56O4/c1-3-5-6-7-8-9-10-11-12-13-14-15-16-17-18-19-20-21-22-23-24-25-28(27-29(31)32)30(33)34-26-4-2/h6-7,28H,3-5,8-27H2,1-2H3,(H,31,32)/b7-6+. The molecule has 0 saturated heterocycles. The van der Waals surface area contributed by atoms with Crippen molar-refractivity contribution in [1.29, 1.82) is 0 Å². The van der Waals surface area contributed by atoms with Crippen LogP contribution in [-0.2, 0) is 14.3 Å². The third-order valence-corrected chi connectivity index (χ3v) is 6.50. The fourth-order valence-electron chi connectivity index (χ4n) is 4.36. The summed E-state index contributed by atoms with van der Waals surface area (Å²) in [6, 6.07) is 0. The van der Waals surface area contributed by atoms with Gasteiger partial charge in [0.15, 0.2) is 0 Å². The summed E-state index contributed by atoms with van der Waals surface area (Å²) in [5.41, 5.74) is 0. The van der Waals surface area contributed by atoms with Gasteiger partial charge in [0.2, 0.25) is 0 Å². The molecule has 0 aromatic heterocycles. The Hall–Kier alpha value is -1.32. The fourth-order valence-corrected chi connectivity index (χ4v) is 4.36. The maximum atomic E-state index is 12.0. The van der Waals surface area contributed by atoms with Gasteiger partial charge in [0.25, 0.3) is 0 Å². The summed E-state index contributed by atoms with van der Waals surface area (Å²) >= 11 is 0. The molecule has 0 fully saturated rings. The lowest BCUT2D eigenvalue weighted by Gasteiger charge is -2.13. The predicted molar refractivity (Wildman–Crippen MR) is 144 cm³/mol. The molecule has 0 amide bonds. The topological polar surface area (TPSA) is 63.6 Å². The zero-order valence-corrected chi connectivity index (χ0v) is 22.7. The summed E-state index contributed by atoms with van der Waals surface area (Å²) in [4.78, 5) is 23.0. The van der Waals surface area contributed by atoms with Crippen molar-refractivity contribution in [2.24, 2.45) is 5.92 Å². The highest BCUT2D eigenvalue weighted by molar-refractivity contribution is 5.79. The number of carboxylic acids is 1. The predicted octanol–water partition coefficient (Wildman–Crippen LogP) is 9.41. The number of aliphatic carboxylic acids is 1. The van der Waals surface area contributed by atoms with Crippen LogP contribution in [-0.4, -0.2) is 23.7 Å². The van der Waals surface area contributed by atoms with Crippen LogP contribution in [0.2, 0.25) is 0 Å². The van der Waals surface area contributed by atoms with Gasteiger partial charge >= 0.3 is 11.9 Å². The van der Waals surface area contributed by atoms with Gasteiger partial charge in [-0.05, 0) is 32.1 Å². The second-order valence-electron chi connectivity index (χ2n) is 9.96. The van der Waals surface area contributed by atoms with Gasteiger partial charge in [0.1, 0.15) is 0 Å². The number of rotatable bonds is 26. The second-order valence-corrected chi connectivity index (χ2v) is 9.96. The highest BCUT2D eigenvalue weighted by Crippen LogP contribution is 2.18. The highest BCUT2D eigenvalue weighted by Gasteiger charge is 2.22. The second kappa shape index (κ2) is 26.3. The Bertz CT molecular complexity index is 486. The van der Waals surface area contributed by atoms with Gasteiger partial charge in [0.05, 0.1) is 18.9 Å². The number of esters is 1. The molecule has 0 aliphatic heterocycles. The molecule has 34 heavy (non-hydrogen) atoms. The number of carbonyl (C=O) groups is 2. The van der Waals surface area contributed by atoms with Gasteiger partial charge in [-0.15, -0.1) is 0 Å². The van der Waals surface area contributed by atoms with E-state index in [0.29, 0.717) is 13.0 Å². The summed E-state index contributed by atoms with van der Waals surface area (Å²) in [5.74, 6) is -1.74. The van der Waals surface area contributed by atoms with Crippen LogP contribution < -0.4 is 0 Å². The lowest BCUT2D eigenvalue weighted by atomic mass is 9.97. The van der Waals surface area contributed by atoms with Crippen molar-refractivity contribution in [1.82, 2.24) is 0 Å². The first kappa shape index (κ1) is 32.7. The Labute approximate surface area is 211 Å². The van der Waals surface area contributed by atoms with E-state index in [1.807, 2.05) is 6.92 Å². The minimum Gasteiger partial charge on any atom is -0.481 e. The van der Waals surface area contributed by atoms with Gasteiger partial charge in [-0.25, -0.2) is 0 Å². The molecule has 0 heterocycles. The molecular formula is C30H56O4. The quantitative estimate of drug-likeness (QED) is 0.0760. The average Bonchev–Trinajstić information content (AvgIpc) is 2.82. The number of unbranched alkanes of at least 4 members (excludes halogenated alkanes) is 17. The number of hydrogen-bond acceptors (Lipinski definition) is 3. The third-order valence-electron chi connectivity index (χ3n) is 6.50. The minimum atomic E-state index is -0.917. The smallest absolute Gasteiger partial charge is 0.309 e. The zero-order chi connectivity index (χ0) is 25.1. The lowest BCUT2D eigenvalue weighted by molar-refractivity contribution is -0.153. The van der Waals surface area contributed by atoms with Crippen molar-refractivity contribution in [2.45, 2.75) is 155 Å². The number of hydrogen-bond donors (Lipinski definition) is 1. The van der Waals surface area contributed by atoms with Gasteiger partial charge in [-0.2, -0.15) is 0 Å². The number of ether oxygens (including phenoxy) is 1. The fraction of sp³-hybridized carbons (Fsp3) is 0.867. The van der Waals surface area contributed by atoms with Crippen LogP contribution in [0, 0.1) is 5.92 Å². The summed E-state index contributed by atoms with van der Waals surface area (Å²) in [6.07, 6.45) is 30.7. The molecule has 0 rings (SSSR count). The van der Waals surface area contributed by atoms with E-state index >= 15 is 0 Å². The Morgan fingerprint density at radius 1 is 0.647 bits per heavy atom. The molecule has 4 heteroatoms.